The molecular formula is C28H25N5O5. The minimum Gasteiger partial charge on any atom is -0.457 e. The van der Waals surface area contributed by atoms with Crippen LogP contribution in [-0.2, 0) is 22.6 Å². The van der Waals surface area contributed by atoms with Gasteiger partial charge in [-0.2, -0.15) is 0 Å². The second-order valence-corrected chi connectivity index (χ2v) is 9.10. The molecule has 2 aliphatic rings. The fraction of sp³-hybridized carbons (Fsp3) is 0.179. The van der Waals surface area contributed by atoms with Crippen molar-refractivity contribution in [1.29, 1.82) is 0 Å². The number of nitrogen functional groups attached to an aromatic ring is 1. The van der Waals surface area contributed by atoms with Crippen LogP contribution in [0.15, 0.2) is 78.4 Å². The summed E-state index contributed by atoms with van der Waals surface area (Å²) in [6.07, 6.45) is 6.11. The number of pyridine rings is 1. The van der Waals surface area contributed by atoms with E-state index in [1.165, 1.54) is 0 Å². The maximum Gasteiger partial charge on any atom is 0.338 e. The minimum absolute atomic E-state index is 0.0429. The first-order valence-electron chi connectivity index (χ1n) is 12.2. The van der Waals surface area contributed by atoms with E-state index in [4.69, 9.17) is 19.9 Å². The van der Waals surface area contributed by atoms with E-state index in [-0.39, 0.29) is 13.4 Å². The topological polar surface area (TPSA) is 141 Å². The zero-order valence-electron chi connectivity index (χ0n) is 20.3. The molecule has 10 nitrogen and oxygen atoms in total. The number of aryl methyl sites for hydroxylation is 1. The molecule has 10 heteroatoms. The first-order valence-corrected chi connectivity index (χ1v) is 12.2. The van der Waals surface area contributed by atoms with Gasteiger partial charge in [-0.05, 0) is 54.3 Å². The molecule has 6 rings (SSSR count). The summed E-state index contributed by atoms with van der Waals surface area (Å²) >= 11 is 0. The second-order valence-electron chi connectivity index (χ2n) is 9.10. The van der Waals surface area contributed by atoms with Gasteiger partial charge in [0.15, 0.2) is 11.5 Å². The van der Waals surface area contributed by atoms with Crippen LogP contribution >= 0.6 is 0 Å². The zero-order valence-corrected chi connectivity index (χ0v) is 20.3. The predicted octanol–water partition coefficient (Wildman–Crippen LogP) is 3.86. The number of nitrogens with one attached hydrogen (secondary N) is 3. The van der Waals surface area contributed by atoms with E-state index in [1.807, 2.05) is 30.3 Å². The van der Waals surface area contributed by atoms with Gasteiger partial charge < -0.3 is 35.6 Å². The Balaban J connectivity index is 1.34. The van der Waals surface area contributed by atoms with Crippen molar-refractivity contribution in [1.82, 2.24) is 20.6 Å². The van der Waals surface area contributed by atoms with Crippen LogP contribution in [0.5, 0.6) is 11.5 Å². The van der Waals surface area contributed by atoms with E-state index in [0.29, 0.717) is 41.3 Å². The van der Waals surface area contributed by atoms with Crippen molar-refractivity contribution >= 4 is 28.6 Å². The van der Waals surface area contributed by atoms with E-state index in [9.17, 15) is 9.59 Å². The number of aromatic nitrogens is 2. The Labute approximate surface area is 217 Å². The highest BCUT2D eigenvalue weighted by atomic mass is 16.7. The van der Waals surface area contributed by atoms with E-state index < -0.39 is 18.0 Å². The molecule has 5 N–H and O–H groups in total. The number of carbonyl (C=O) groups is 2. The Morgan fingerprint density at radius 1 is 1.08 bits per heavy atom. The molecule has 38 heavy (non-hydrogen) atoms. The SMILES string of the molecule is Nc1cccc(COC(=O)C2=C(CCc3ccc4c(c3)OCO4)NC(=O)NC2c2c[nH]c3cnccc23)c1. The van der Waals surface area contributed by atoms with E-state index in [0.717, 1.165) is 27.6 Å². The summed E-state index contributed by atoms with van der Waals surface area (Å²) in [6, 6.07) is 13.6. The Morgan fingerprint density at radius 2 is 1.97 bits per heavy atom. The molecule has 0 spiro atoms. The molecule has 0 fully saturated rings. The summed E-state index contributed by atoms with van der Waals surface area (Å²) < 4.78 is 16.6. The molecule has 2 aromatic heterocycles. The number of allylic oxidation sites excluding steroid dienone is 1. The van der Waals surface area contributed by atoms with Crippen LogP contribution in [0.1, 0.15) is 29.2 Å². The molecule has 192 valence electrons. The van der Waals surface area contributed by atoms with Gasteiger partial charge in [0.25, 0.3) is 0 Å². The van der Waals surface area contributed by atoms with Crippen LogP contribution in [0.2, 0.25) is 0 Å². The van der Waals surface area contributed by atoms with Gasteiger partial charge in [-0.1, -0.05) is 18.2 Å². The molecule has 0 bridgehead atoms. The quantitative estimate of drug-likeness (QED) is 0.218. The lowest BCUT2D eigenvalue weighted by Gasteiger charge is -2.29. The van der Waals surface area contributed by atoms with Crippen LogP contribution in [0.3, 0.4) is 0 Å². The summed E-state index contributed by atoms with van der Waals surface area (Å²) in [5, 5.41) is 6.60. The van der Waals surface area contributed by atoms with Gasteiger partial charge >= 0.3 is 12.0 Å². The third-order valence-corrected chi connectivity index (χ3v) is 6.62. The normalized spacial score (nSPS) is 16.3. The Morgan fingerprint density at radius 3 is 2.87 bits per heavy atom. The first-order chi connectivity index (χ1) is 18.5. The predicted molar refractivity (Wildman–Crippen MR) is 139 cm³/mol. The average Bonchev–Trinajstić information content (AvgIpc) is 3.57. The van der Waals surface area contributed by atoms with Crippen molar-refractivity contribution in [2.75, 3.05) is 12.5 Å². The number of nitrogens with zero attached hydrogens (tertiary/aromatic N) is 1. The lowest BCUT2D eigenvalue weighted by Crippen LogP contribution is -2.46. The molecule has 0 saturated heterocycles. The number of ether oxygens (including phenoxy) is 3. The van der Waals surface area contributed by atoms with E-state index in [1.54, 1.807) is 36.8 Å². The number of benzene rings is 2. The Bertz CT molecular complexity index is 1580. The van der Waals surface area contributed by atoms with Gasteiger partial charge in [-0.25, -0.2) is 9.59 Å². The van der Waals surface area contributed by atoms with Crippen molar-refractivity contribution in [3.63, 3.8) is 0 Å². The fourth-order valence-corrected chi connectivity index (χ4v) is 4.80. The second kappa shape index (κ2) is 9.81. The number of amides is 2. The van der Waals surface area contributed by atoms with Gasteiger partial charge in [-0.15, -0.1) is 0 Å². The van der Waals surface area contributed by atoms with E-state index >= 15 is 0 Å². The number of anilines is 1. The van der Waals surface area contributed by atoms with Crippen molar-refractivity contribution in [3.05, 3.63) is 95.1 Å². The molecule has 1 unspecified atom stereocenters. The largest absolute Gasteiger partial charge is 0.457 e. The number of fused-ring (bicyclic) bond motifs is 2. The van der Waals surface area contributed by atoms with Crippen LogP contribution in [0.4, 0.5) is 10.5 Å². The standard InChI is InChI=1S/C28H25N5O5/c29-18-3-1-2-17(10-18)14-36-27(34)25-21(6-4-16-5-7-23-24(11-16)38-15-37-23)32-28(35)33-26(25)20-12-31-22-13-30-9-8-19(20)22/h1-3,5,7-13,26,31H,4,6,14-15,29H2,(H2,32,33,35). The number of carbonyl (C=O) groups excluding carboxylic acids is 2. The number of urea groups is 1. The smallest absolute Gasteiger partial charge is 0.338 e. The molecule has 2 aromatic carbocycles. The summed E-state index contributed by atoms with van der Waals surface area (Å²) in [5.41, 5.74) is 10.6. The van der Waals surface area contributed by atoms with Gasteiger partial charge in [0.05, 0.1) is 23.3 Å². The number of H-pyrrole nitrogens is 1. The molecule has 2 amide bonds. The van der Waals surface area contributed by atoms with Gasteiger partial charge in [-0.3, -0.25) is 4.98 Å². The first kappa shape index (κ1) is 23.4. The van der Waals surface area contributed by atoms with Crippen molar-refractivity contribution in [2.24, 2.45) is 0 Å². The van der Waals surface area contributed by atoms with Crippen molar-refractivity contribution < 1.29 is 23.8 Å². The summed E-state index contributed by atoms with van der Waals surface area (Å²) in [7, 11) is 0. The lowest BCUT2D eigenvalue weighted by atomic mass is 9.93. The maximum absolute atomic E-state index is 13.6. The summed E-state index contributed by atoms with van der Waals surface area (Å²) in [6.45, 7) is 0.234. The molecule has 1 atom stereocenters. The van der Waals surface area contributed by atoms with Crippen LogP contribution in [-0.4, -0.2) is 28.8 Å². The molecule has 0 radical (unpaired) electrons. The maximum atomic E-state index is 13.6. The molecule has 0 saturated carbocycles. The Kier molecular flexibility index (Phi) is 6.04. The molecule has 4 heterocycles. The van der Waals surface area contributed by atoms with Gasteiger partial charge in [0.2, 0.25) is 6.79 Å². The highest BCUT2D eigenvalue weighted by Gasteiger charge is 2.35. The number of rotatable bonds is 7. The molecular weight excluding hydrogens is 486 g/mol. The number of hydrogen-bond donors (Lipinski definition) is 4. The van der Waals surface area contributed by atoms with Crippen LogP contribution in [0, 0.1) is 0 Å². The van der Waals surface area contributed by atoms with Crippen molar-refractivity contribution in [3.8, 4) is 11.5 Å². The summed E-state index contributed by atoms with van der Waals surface area (Å²) in [5.74, 6) is 0.842. The lowest BCUT2D eigenvalue weighted by molar-refractivity contribution is -0.140. The highest BCUT2D eigenvalue weighted by molar-refractivity contribution is 5.97. The third-order valence-electron chi connectivity index (χ3n) is 6.62. The Hall–Kier alpha value is -4.99. The number of hydrogen-bond acceptors (Lipinski definition) is 7. The van der Waals surface area contributed by atoms with Crippen molar-refractivity contribution in [2.45, 2.75) is 25.5 Å². The molecule has 4 aromatic rings. The molecule has 0 aliphatic carbocycles. The number of esters is 1. The van der Waals surface area contributed by atoms with Crippen LogP contribution < -0.4 is 25.8 Å². The fourth-order valence-electron chi connectivity index (χ4n) is 4.80. The monoisotopic (exact) mass is 511 g/mol. The van der Waals surface area contributed by atoms with Crippen LogP contribution in [0.25, 0.3) is 10.9 Å². The summed E-state index contributed by atoms with van der Waals surface area (Å²) in [4.78, 5) is 33.7. The number of nitrogens with two attached hydrogens (primary N) is 1. The number of aromatic amines is 1. The third kappa shape index (κ3) is 4.59. The minimum atomic E-state index is -0.722. The van der Waals surface area contributed by atoms with Gasteiger partial charge in [0.1, 0.15) is 6.61 Å². The van der Waals surface area contributed by atoms with Gasteiger partial charge in [0, 0.05) is 34.7 Å². The highest BCUT2D eigenvalue weighted by Crippen LogP contribution is 2.35. The zero-order chi connectivity index (χ0) is 26.1. The van der Waals surface area contributed by atoms with E-state index in [2.05, 4.69) is 20.6 Å². The molecule has 2 aliphatic heterocycles. The average molecular weight is 512 g/mol.